The highest BCUT2D eigenvalue weighted by Gasteiger charge is 2.34. The number of nitrogens with zero attached hydrogens (tertiary/aromatic N) is 2. The van der Waals surface area contributed by atoms with E-state index in [0.29, 0.717) is 5.92 Å². The van der Waals surface area contributed by atoms with Gasteiger partial charge in [0.2, 0.25) is 0 Å². The zero-order chi connectivity index (χ0) is 14.6. The largest absolute Gasteiger partial charge is 0.318 e. The minimum atomic E-state index is 0.492. The van der Waals surface area contributed by atoms with Crippen LogP contribution >= 0.6 is 34.7 Å². The van der Waals surface area contributed by atoms with Crippen molar-refractivity contribution in [3.8, 4) is 0 Å². The Morgan fingerprint density at radius 2 is 2.19 bits per heavy atom. The highest BCUT2D eigenvalue weighted by Crippen LogP contribution is 2.47. The number of hydrogen-bond acceptors (Lipinski definition) is 4. The highest BCUT2D eigenvalue weighted by atomic mass is 35.5. The lowest BCUT2D eigenvalue weighted by molar-refractivity contribution is 0.641. The van der Waals surface area contributed by atoms with E-state index < -0.39 is 0 Å². The standard InChI is InChI=1S/C16H15ClN2S2/c1-9(2)15-14(19-5-4-18-16(19)21-15)12-7-10(17)8-13-11(12)3-6-20-13/h3,6-9H,4-5H2,1-2H3. The van der Waals surface area contributed by atoms with E-state index >= 15 is 0 Å². The van der Waals surface area contributed by atoms with E-state index in [1.54, 1.807) is 11.3 Å². The number of thioether (sulfide) groups is 1. The zero-order valence-electron chi connectivity index (χ0n) is 11.9. The summed E-state index contributed by atoms with van der Waals surface area (Å²) in [6, 6.07) is 6.37. The third-order valence-electron chi connectivity index (χ3n) is 3.82. The average Bonchev–Trinajstić information content (AvgIpc) is 3.11. The van der Waals surface area contributed by atoms with Gasteiger partial charge in [-0.3, -0.25) is 4.99 Å². The van der Waals surface area contributed by atoms with Crippen LogP contribution in [-0.4, -0.2) is 23.2 Å². The molecule has 1 aromatic heterocycles. The van der Waals surface area contributed by atoms with Crippen LogP contribution in [-0.2, 0) is 0 Å². The predicted octanol–water partition coefficient (Wildman–Crippen LogP) is 5.30. The summed E-state index contributed by atoms with van der Waals surface area (Å²) in [5.41, 5.74) is 2.57. The number of hydrogen-bond donors (Lipinski definition) is 0. The fourth-order valence-electron chi connectivity index (χ4n) is 2.90. The van der Waals surface area contributed by atoms with Gasteiger partial charge < -0.3 is 4.90 Å². The van der Waals surface area contributed by atoms with Gasteiger partial charge in [-0.2, -0.15) is 0 Å². The maximum Gasteiger partial charge on any atom is 0.168 e. The minimum Gasteiger partial charge on any atom is -0.318 e. The van der Waals surface area contributed by atoms with Gasteiger partial charge in [0.1, 0.15) is 0 Å². The molecule has 21 heavy (non-hydrogen) atoms. The molecule has 0 spiro atoms. The van der Waals surface area contributed by atoms with Gasteiger partial charge in [-0.1, -0.05) is 37.2 Å². The summed E-state index contributed by atoms with van der Waals surface area (Å²) >= 11 is 9.93. The van der Waals surface area contributed by atoms with Crippen molar-refractivity contribution in [3.05, 3.63) is 39.1 Å². The maximum absolute atomic E-state index is 6.36. The highest BCUT2D eigenvalue weighted by molar-refractivity contribution is 8.17. The van der Waals surface area contributed by atoms with Crippen LogP contribution in [0.5, 0.6) is 0 Å². The predicted molar refractivity (Wildman–Crippen MR) is 95.2 cm³/mol. The molecule has 0 aliphatic carbocycles. The third-order valence-corrected chi connectivity index (χ3v) is 6.32. The zero-order valence-corrected chi connectivity index (χ0v) is 14.3. The molecular formula is C16H15ClN2S2. The Morgan fingerprint density at radius 3 is 3.00 bits per heavy atom. The molecule has 0 atom stereocenters. The van der Waals surface area contributed by atoms with Crippen molar-refractivity contribution < 1.29 is 0 Å². The molecular weight excluding hydrogens is 320 g/mol. The van der Waals surface area contributed by atoms with E-state index in [9.17, 15) is 0 Å². The van der Waals surface area contributed by atoms with Crippen LogP contribution in [0.15, 0.2) is 33.5 Å². The summed E-state index contributed by atoms with van der Waals surface area (Å²) in [6.07, 6.45) is 0. The second kappa shape index (κ2) is 5.04. The fourth-order valence-corrected chi connectivity index (χ4v) is 5.24. The molecule has 0 saturated carbocycles. The Balaban J connectivity index is 1.99. The van der Waals surface area contributed by atoms with E-state index in [0.717, 1.165) is 23.3 Å². The van der Waals surface area contributed by atoms with E-state index in [4.69, 9.17) is 11.6 Å². The van der Waals surface area contributed by atoms with Crippen LogP contribution in [0.25, 0.3) is 15.8 Å². The number of allylic oxidation sites excluding steroid dienone is 1. The van der Waals surface area contributed by atoms with Crippen LogP contribution in [0.3, 0.4) is 0 Å². The smallest absolute Gasteiger partial charge is 0.168 e. The summed E-state index contributed by atoms with van der Waals surface area (Å²) in [5, 5.41) is 5.40. The molecule has 0 saturated heterocycles. The van der Waals surface area contributed by atoms with Gasteiger partial charge in [0.15, 0.2) is 5.17 Å². The van der Waals surface area contributed by atoms with Gasteiger partial charge in [0.05, 0.1) is 12.2 Å². The number of aliphatic imine (C=N–C) groups is 1. The van der Waals surface area contributed by atoms with Crippen LogP contribution in [0.4, 0.5) is 0 Å². The molecule has 2 aromatic rings. The number of fused-ring (bicyclic) bond motifs is 2. The molecule has 5 heteroatoms. The second-order valence-electron chi connectivity index (χ2n) is 5.57. The SMILES string of the molecule is CC(C)C1=C(c2cc(Cl)cc3sccc23)N2CCN=C2S1. The monoisotopic (exact) mass is 334 g/mol. The number of thiophene rings is 1. The van der Waals surface area contributed by atoms with E-state index in [2.05, 4.69) is 47.3 Å². The van der Waals surface area contributed by atoms with Gasteiger partial charge in [0, 0.05) is 32.1 Å². The molecule has 2 aliphatic heterocycles. The van der Waals surface area contributed by atoms with Crippen molar-refractivity contribution in [1.82, 2.24) is 4.90 Å². The third kappa shape index (κ3) is 2.12. The van der Waals surface area contributed by atoms with Gasteiger partial charge >= 0.3 is 0 Å². The van der Waals surface area contributed by atoms with Crippen LogP contribution in [0, 0.1) is 5.92 Å². The topological polar surface area (TPSA) is 15.6 Å². The Labute approximate surface area is 137 Å². The first-order valence-corrected chi connectivity index (χ1v) is 9.13. The number of benzene rings is 1. The van der Waals surface area contributed by atoms with Crippen LogP contribution in [0.1, 0.15) is 19.4 Å². The lowest BCUT2D eigenvalue weighted by atomic mass is 10.0. The van der Waals surface area contributed by atoms with Crippen molar-refractivity contribution in [2.45, 2.75) is 13.8 Å². The van der Waals surface area contributed by atoms with Crippen molar-refractivity contribution in [2.24, 2.45) is 10.9 Å². The molecule has 0 radical (unpaired) electrons. The maximum atomic E-state index is 6.36. The molecule has 3 heterocycles. The van der Waals surface area contributed by atoms with E-state index in [-0.39, 0.29) is 0 Å². The molecule has 2 aliphatic rings. The molecule has 0 bridgehead atoms. The van der Waals surface area contributed by atoms with Crippen molar-refractivity contribution in [2.75, 3.05) is 13.1 Å². The van der Waals surface area contributed by atoms with Crippen LogP contribution < -0.4 is 0 Å². The van der Waals surface area contributed by atoms with Gasteiger partial charge in [-0.15, -0.1) is 11.3 Å². The summed E-state index contributed by atoms with van der Waals surface area (Å²) in [5.74, 6) is 0.492. The van der Waals surface area contributed by atoms with Gasteiger partial charge in [-0.05, 0) is 29.5 Å². The first-order chi connectivity index (χ1) is 10.1. The molecule has 4 rings (SSSR count). The summed E-state index contributed by atoms with van der Waals surface area (Å²) < 4.78 is 1.25. The van der Waals surface area contributed by atoms with E-state index in [1.807, 2.05) is 11.8 Å². The number of halogens is 1. The Hall–Kier alpha value is -0.970. The van der Waals surface area contributed by atoms with Gasteiger partial charge in [0.25, 0.3) is 0 Å². The molecule has 1 aromatic carbocycles. The Kier molecular flexibility index (Phi) is 3.28. The lowest BCUT2D eigenvalue weighted by Gasteiger charge is -2.19. The minimum absolute atomic E-state index is 0.492. The van der Waals surface area contributed by atoms with Crippen molar-refractivity contribution in [3.63, 3.8) is 0 Å². The average molecular weight is 335 g/mol. The molecule has 0 unspecified atom stereocenters. The van der Waals surface area contributed by atoms with E-state index in [1.165, 1.54) is 26.3 Å². The van der Waals surface area contributed by atoms with Gasteiger partial charge in [-0.25, -0.2) is 0 Å². The quantitative estimate of drug-likeness (QED) is 0.740. The molecule has 0 amide bonds. The first-order valence-electron chi connectivity index (χ1n) is 7.06. The summed E-state index contributed by atoms with van der Waals surface area (Å²) in [4.78, 5) is 8.40. The Bertz CT molecular complexity index is 789. The number of amidine groups is 1. The number of rotatable bonds is 2. The molecule has 0 fully saturated rings. The molecule has 108 valence electrons. The van der Waals surface area contributed by atoms with Crippen molar-refractivity contribution >= 4 is 55.7 Å². The normalized spacial score (nSPS) is 18.1. The summed E-state index contributed by atoms with van der Waals surface area (Å²) in [7, 11) is 0. The molecule has 2 nitrogen and oxygen atoms in total. The Morgan fingerprint density at radius 1 is 1.33 bits per heavy atom. The van der Waals surface area contributed by atoms with Crippen LogP contribution in [0.2, 0.25) is 5.02 Å². The second-order valence-corrected chi connectivity index (χ2v) is 7.96. The fraction of sp³-hybridized carbons (Fsp3) is 0.312. The lowest BCUT2D eigenvalue weighted by Crippen LogP contribution is -2.20. The first kappa shape index (κ1) is 13.7. The van der Waals surface area contributed by atoms with Crippen molar-refractivity contribution in [1.29, 1.82) is 0 Å². The summed E-state index contributed by atoms with van der Waals surface area (Å²) in [6.45, 7) is 6.37. The molecule has 0 N–H and O–H groups in total.